The number of hydrogen-bond acceptors (Lipinski definition) is 3. The van der Waals surface area contributed by atoms with Crippen LogP contribution in [0.5, 0.6) is 5.75 Å². The molecule has 24 heavy (non-hydrogen) atoms. The lowest BCUT2D eigenvalue weighted by molar-refractivity contribution is 0.1000. The van der Waals surface area contributed by atoms with Gasteiger partial charge >= 0.3 is 0 Å². The topological polar surface area (TPSA) is 70.1 Å². The summed E-state index contributed by atoms with van der Waals surface area (Å²) in [5.41, 5.74) is 8.07. The standard InChI is InChI=1S/C18H16FN3O2/c1-22-16(8-9-21-22)15-7-6-14(19)10-17(15)24-11-12-2-4-13(5-3-12)18(20)23/h2-10H,11H2,1H3,(H2,20,23). The van der Waals surface area contributed by atoms with Crippen molar-refractivity contribution in [3.8, 4) is 17.0 Å². The number of primary amides is 1. The number of carbonyl (C=O) groups excluding carboxylic acids is 1. The minimum absolute atomic E-state index is 0.243. The highest BCUT2D eigenvalue weighted by atomic mass is 19.1. The molecular formula is C18H16FN3O2. The molecule has 0 aliphatic carbocycles. The van der Waals surface area contributed by atoms with E-state index >= 15 is 0 Å². The highest BCUT2D eigenvalue weighted by molar-refractivity contribution is 5.92. The molecule has 2 N–H and O–H groups in total. The molecule has 1 heterocycles. The second kappa shape index (κ2) is 6.54. The fraction of sp³-hybridized carbons (Fsp3) is 0.111. The van der Waals surface area contributed by atoms with Gasteiger partial charge in [0.2, 0.25) is 5.91 Å². The van der Waals surface area contributed by atoms with Gasteiger partial charge in [-0.1, -0.05) is 12.1 Å². The van der Waals surface area contributed by atoms with Gasteiger partial charge in [0.25, 0.3) is 0 Å². The van der Waals surface area contributed by atoms with Crippen LogP contribution >= 0.6 is 0 Å². The first-order chi connectivity index (χ1) is 11.5. The van der Waals surface area contributed by atoms with Crippen molar-refractivity contribution in [2.24, 2.45) is 12.8 Å². The summed E-state index contributed by atoms with van der Waals surface area (Å²) < 4.78 is 21.1. The number of benzene rings is 2. The van der Waals surface area contributed by atoms with Gasteiger partial charge < -0.3 is 10.5 Å². The Morgan fingerprint density at radius 3 is 2.58 bits per heavy atom. The van der Waals surface area contributed by atoms with E-state index < -0.39 is 5.91 Å². The van der Waals surface area contributed by atoms with Gasteiger partial charge in [0.1, 0.15) is 18.2 Å². The first kappa shape index (κ1) is 15.7. The molecule has 0 radical (unpaired) electrons. The van der Waals surface area contributed by atoms with Crippen molar-refractivity contribution in [1.82, 2.24) is 9.78 Å². The molecule has 1 aromatic heterocycles. The molecule has 5 nitrogen and oxygen atoms in total. The highest BCUT2D eigenvalue weighted by Crippen LogP contribution is 2.30. The van der Waals surface area contributed by atoms with Gasteiger partial charge in [0, 0.05) is 30.4 Å². The Hall–Kier alpha value is -3.15. The number of nitrogens with two attached hydrogens (primary N) is 1. The predicted octanol–water partition coefficient (Wildman–Crippen LogP) is 2.90. The van der Waals surface area contributed by atoms with Crippen LogP contribution in [0.4, 0.5) is 4.39 Å². The number of rotatable bonds is 5. The maximum Gasteiger partial charge on any atom is 0.248 e. The maximum atomic E-state index is 13.6. The third kappa shape index (κ3) is 3.27. The van der Waals surface area contributed by atoms with E-state index in [1.54, 1.807) is 41.2 Å². The van der Waals surface area contributed by atoms with Crippen LogP contribution in [0.15, 0.2) is 54.7 Å². The zero-order valence-corrected chi connectivity index (χ0v) is 13.1. The zero-order valence-electron chi connectivity index (χ0n) is 13.1. The number of carbonyl (C=O) groups is 1. The summed E-state index contributed by atoms with van der Waals surface area (Å²) in [7, 11) is 1.81. The van der Waals surface area contributed by atoms with E-state index in [0.717, 1.165) is 16.8 Å². The molecule has 0 spiro atoms. The molecule has 0 aliphatic rings. The molecule has 3 aromatic rings. The molecule has 1 amide bonds. The van der Waals surface area contributed by atoms with Crippen molar-refractivity contribution >= 4 is 5.91 Å². The Labute approximate surface area is 138 Å². The number of hydrogen-bond donors (Lipinski definition) is 1. The van der Waals surface area contributed by atoms with Crippen LogP contribution in [0.25, 0.3) is 11.3 Å². The second-order valence-electron chi connectivity index (χ2n) is 5.33. The molecule has 0 fully saturated rings. The molecule has 0 unspecified atom stereocenters. The fourth-order valence-electron chi connectivity index (χ4n) is 2.39. The lowest BCUT2D eigenvalue weighted by Gasteiger charge is -2.12. The predicted molar refractivity (Wildman–Crippen MR) is 87.9 cm³/mol. The zero-order chi connectivity index (χ0) is 17.1. The van der Waals surface area contributed by atoms with Gasteiger partial charge in [-0.25, -0.2) is 4.39 Å². The van der Waals surface area contributed by atoms with Crippen molar-refractivity contribution in [3.63, 3.8) is 0 Å². The van der Waals surface area contributed by atoms with Crippen molar-refractivity contribution < 1.29 is 13.9 Å². The van der Waals surface area contributed by atoms with Crippen molar-refractivity contribution in [3.05, 3.63) is 71.7 Å². The normalized spacial score (nSPS) is 10.6. The quantitative estimate of drug-likeness (QED) is 0.784. The monoisotopic (exact) mass is 325 g/mol. The van der Waals surface area contributed by atoms with E-state index in [1.165, 1.54) is 12.1 Å². The van der Waals surface area contributed by atoms with E-state index in [2.05, 4.69) is 5.10 Å². The Bertz CT molecular complexity index is 872. The first-order valence-electron chi connectivity index (χ1n) is 7.34. The average Bonchev–Trinajstić information content (AvgIpc) is 2.99. The molecular weight excluding hydrogens is 309 g/mol. The number of aryl methyl sites for hydroxylation is 1. The average molecular weight is 325 g/mol. The van der Waals surface area contributed by atoms with Crippen molar-refractivity contribution in [2.75, 3.05) is 0 Å². The summed E-state index contributed by atoms with van der Waals surface area (Å²) in [6.45, 7) is 0.243. The van der Waals surface area contributed by atoms with Gasteiger partial charge in [0.05, 0.1) is 5.69 Å². The van der Waals surface area contributed by atoms with Crippen LogP contribution < -0.4 is 10.5 Å². The van der Waals surface area contributed by atoms with E-state index in [4.69, 9.17) is 10.5 Å². The largest absolute Gasteiger partial charge is 0.488 e. The van der Waals surface area contributed by atoms with Crippen LogP contribution in [-0.4, -0.2) is 15.7 Å². The lowest BCUT2D eigenvalue weighted by Crippen LogP contribution is -2.10. The molecule has 3 rings (SSSR count). The van der Waals surface area contributed by atoms with Gasteiger partial charge in [-0.3, -0.25) is 9.48 Å². The number of amides is 1. The van der Waals surface area contributed by atoms with Crippen molar-refractivity contribution in [2.45, 2.75) is 6.61 Å². The fourth-order valence-corrected chi connectivity index (χ4v) is 2.39. The molecule has 6 heteroatoms. The molecule has 0 saturated heterocycles. The number of nitrogens with zero attached hydrogens (tertiary/aromatic N) is 2. The summed E-state index contributed by atoms with van der Waals surface area (Å²) >= 11 is 0. The summed E-state index contributed by atoms with van der Waals surface area (Å²) in [5.74, 6) is -0.427. The van der Waals surface area contributed by atoms with Crippen LogP contribution in [0.2, 0.25) is 0 Å². The summed E-state index contributed by atoms with van der Waals surface area (Å²) in [6.07, 6.45) is 1.67. The second-order valence-corrected chi connectivity index (χ2v) is 5.33. The number of aromatic nitrogens is 2. The molecule has 2 aromatic carbocycles. The minimum atomic E-state index is -0.480. The molecule has 122 valence electrons. The maximum absolute atomic E-state index is 13.6. The Morgan fingerprint density at radius 1 is 1.21 bits per heavy atom. The van der Waals surface area contributed by atoms with Crippen LogP contribution in [0, 0.1) is 5.82 Å². The first-order valence-corrected chi connectivity index (χ1v) is 7.34. The Morgan fingerprint density at radius 2 is 1.96 bits per heavy atom. The molecule has 0 saturated carbocycles. The third-order valence-electron chi connectivity index (χ3n) is 3.67. The highest BCUT2D eigenvalue weighted by Gasteiger charge is 2.11. The Balaban J connectivity index is 1.83. The minimum Gasteiger partial charge on any atom is -0.488 e. The third-order valence-corrected chi connectivity index (χ3v) is 3.67. The van der Waals surface area contributed by atoms with E-state index in [-0.39, 0.29) is 12.4 Å². The van der Waals surface area contributed by atoms with E-state index in [1.807, 2.05) is 13.1 Å². The summed E-state index contributed by atoms with van der Waals surface area (Å²) in [5, 5.41) is 4.12. The van der Waals surface area contributed by atoms with Crippen molar-refractivity contribution in [1.29, 1.82) is 0 Å². The van der Waals surface area contributed by atoms with Gasteiger partial charge in [0.15, 0.2) is 0 Å². The van der Waals surface area contributed by atoms with Crippen LogP contribution in [-0.2, 0) is 13.7 Å². The van der Waals surface area contributed by atoms with Gasteiger partial charge in [-0.15, -0.1) is 0 Å². The molecule has 0 aliphatic heterocycles. The SMILES string of the molecule is Cn1nccc1-c1ccc(F)cc1OCc1ccc(C(N)=O)cc1. The summed E-state index contributed by atoms with van der Waals surface area (Å²) in [4.78, 5) is 11.1. The summed E-state index contributed by atoms with van der Waals surface area (Å²) in [6, 6.07) is 13.0. The number of halogens is 1. The van der Waals surface area contributed by atoms with Gasteiger partial charge in [-0.2, -0.15) is 5.10 Å². The van der Waals surface area contributed by atoms with E-state index in [9.17, 15) is 9.18 Å². The number of ether oxygens (including phenoxy) is 1. The lowest BCUT2D eigenvalue weighted by atomic mass is 10.1. The smallest absolute Gasteiger partial charge is 0.248 e. The van der Waals surface area contributed by atoms with Gasteiger partial charge in [-0.05, 0) is 35.9 Å². The Kier molecular flexibility index (Phi) is 4.29. The van der Waals surface area contributed by atoms with Crippen LogP contribution in [0.1, 0.15) is 15.9 Å². The molecule has 0 atom stereocenters. The van der Waals surface area contributed by atoms with Crippen LogP contribution in [0.3, 0.4) is 0 Å². The van der Waals surface area contributed by atoms with E-state index in [0.29, 0.717) is 11.3 Å². The molecule has 0 bridgehead atoms.